The van der Waals surface area contributed by atoms with Gasteiger partial charge in [-0.15, -0.1) is 11.3 Å². The molecule has 5 heteroatoms. The molecule has 0 radical (unpaired) electrons. The molecule has 1 saturated carbocycles. The summed E-state index contributed by atoms with van der Waals surface area (Å²) in [6.07, 6.45) is 3.96. The van der Waals surface area contributed by atoms with E-state index in [-0.39, 0.29) is 5.97 Å². The van der Waals surface area contributed by atoms with Gasteiger partial charge in [0, 0.05) is 11.4 Å². The SMILES string of the molecule is COC(=O)c1nc(NCC2CCC2)sc1C. The van der Waals surface area contributed by atoms with Gasteiger partial charge in [-0.3, -0.25) is 0 Å². The van der Waals surface area contributed by atoms with Crippen LogP contribution >= 0.6 is 11.3 Å². The van der Waals surface area contributed by atoms with Crippen molar-refractivity contribution < 1.29 is 9.53 Å². The molecule has 0 bridgehead atoms. The molecule has 1 aliphatic carbocycles. The molecule has 4 nitrogen and oxygen atoms in total. The van der Waals surface area contributed by atoms with Crippen LogP contribution in [-0.4, -0.2) is 24.6 Å². The van der Waals surface area contributed by atoms with Crippen molar-refractivity contribution in [3.63, 3.8) is 0 Å². The fourth-order valence-corrected chi connectivity index (χ4v) is 2.49. The van der Waals surface area contributed by atoms with Gasteiger partial charge in [0.2, 0.25) is 0 Å². The Morgan fingerprint density at radius 1 is 1.62 bits per heavy atom. The minimum atomic E-state index is -0.356. The van der Waals surface area contributed by atoms with Gasteiger partial charge in [-0.1, -0.05) is 6.42 Å². The highest BCUT2D eigenvalue weighted by Crippen LogP contribution is 2.28. The summed E-state index contributed by atoms with van der Waals surface area (Å²) in [7, 11) is 1.38. The van der Waals surface area contributed by atoms with E-state index in [4.69, 9.17) is 0 Å². The van der Waals surface area contributed by atoms with Crippen molar-refractivity contribution in [3.8, 4) is 0 Å². The second kappa shape index (κ2) is 4.82. The quantitative estimate of drug-likeness (QED) is 0.821. The van der Waals surface area contributed by atoms with E-state index < -0.39 is 0 Å². The lowest BCUT2D eigenvalue weighted by Gasteiger charge is -2.25. The number of thiazole rings is 1. The van der Waals surface area contributed by atoms with E-state index in [9.17, 15) is 4.79 Å². The van der Waals surface area contributed by atoms with Crippen LogP contribution < -0.4 is 5.32 Å². The van der Waals surface area contributed by atoms with Crippen LogP contribution in [0.5, 0.6) is 0 Å². The molecule has 0 aliphatic heterocycles. The number of hydrogen-bond donors (Lipinski definition) is 1. The molecule has 1 N–H and O–H groups in total. The van der Waals surface area contributed by atoms with Gasteiger partial charge in [0.15, 0.2) is 10.8 Å². The number of aromatic nitrogens is 1. The summed E-state index contributed by atoms with van der Waals surface area (Å²) in [4.78, 5) is 16.5. The predicted octanol–water partition coefficient (Wildman–Crippen LogP) is 2.45. The Balaban J connectivity index is 1.96. The first-order chi connectivity index (χ1) is 7.70. The van der Waals surface area contributed by atoms with Crippen molar-refractivity contribution >= 4 is 22.4 Å². The average molecular weight is 240 g/mol. The highest BCUT2D eigenvalue weighted by Gasteiger charge is 2.19. The number of esters is 1. The molecule has 1 aromatic rings. The molecule has 0 unspecified atom stereocenters. The Bertz CT molecular complexity index is 385. The lowest BCUT2D eigenvalue weighted by Crippen LogP contribution is -2.20. The molecule has 1 aromatic heterocycles. The van der Waals surface area contributed by atoms with Gasteiger partial charge in [-0.05, 0) is 25.7 Å². The summed E-state index contributed by atoms with van der Waals surface area (Å²) in [5.74, 6) is 0.427. The third kappa shape index (κ3) is 2.35. The molecule has 1 heterocycles. The first-order valence-electron chi connectivity index (χ1n) is 5.50. The molecule has 0 atom stereocenters. The molecule has 88 valence electrons. The highest BCUT2D eigenvalue weighted by molar-refractivity contribution is 7.15. The zero-order valence-corrected chi connectivity index (χ0v) is 10.4. The van der Waals surface area contributed by atoms with Crippen molar-refractivity contribution in [2.75, 3.05) is 19.0 Å². The third-order valence-electron chi connectivity index (χ3n) is 2.94. The van der Waals surface area contributed by atoms with Crippen LogP contribution in [0.3, 0.4) is 0 Å². The summed E-state index contributed by atoms with van der Waals surface area (Å²) < 4.78 is 4.67. The van der Waals surface area contributed by atoms with E-state index >= 15 is 0 Å². The number of nitrogens with one attached hydrogen (secondary N) is 1. The minimum Gasteiger partial charge on any atom is -0.464 e. The maximum Gasteiger partial charge on any atom is 0.357 e. The monoisotopic (exact) mass is 240 g/mol. The minimum absolute atomic E-state index is 0.356. The number of aryl methyl sites for hydroxylation is 1. The number of methoxy groups -OCH3 is 1. The number of ether oxygens (including phenoxy) is 1. The topological polar surface area (TPSA) is 51.2 Å². The predicted molar refractivity (Wildman–Crippen MR) is 64.0 cm³/mol. The van der Waals surface area contributed by atoms with Gasteiger partial charge in [0.05, 0.1) is 7.11 Å². The molecule has 16 heavy (non-hydrogen) atoms. The Labute approximate surface area is 99.0 Å². The van der Waals surface area contributed by atoms with Crippen LogP contribution in [0.15, 0.2) is 0 Å². The van der Waals surface area contributed by atoms with Gasteiger partial charge in [0.25, 0.3) is 0 Å². The van der Waals surface area contributed by atoms with Crippen LogP contribution in [0.2, 0.25) is 0 Å². The van der Waals surface area contributed by atoms with Crippen molar-refractivity contribution in [1.29, 1.82) is 0 Å². The zero-order valence-electron chi connectivity index (χ0n) is 9.58. The van der Waals surface area contributed by atoms with Gasteiger partial charge in [-0.2, -0.15) is 0 Å². The Kier molecular flexibility index (Phi) is 3.43. The molecule has 0 aromatic carbocycles. The number of rotatable bonds is 4. The van der Waals surface area contributed by atoms with Gasteiger partial charge in [0.1, 0.15) is 0 Å². The van der Waals surface area contributed by atoms with Crippen LogP contribution in [0.4, 0.5) is 5.13 Å². The first-order valence-corrected chi connectivity index (χ1v) is 6.32. The first kappa shape index (κ1) is 11.4. The molecular formula is C11H16N2O2S. The molecule has 2 rings (SSSR count). The third-order valence-corrected chi connectivity index (χ3v) is 3.87. The van der Waals surface area contributed by atoms with E-state index in [1.54, 1.807) is 0 Å². The van der Waals surface area contributed by atoms with Crippen molar-refractivity contribution in [2.24, 2.45) is 5.92 Å². The number of anilines is 1. The molecule has 0 saturated heterocycles. The number of nitrogens with zero attached hydrogens (tertiary/aromatic N) is 1. The van der Waals surface area contributed by atoms with E-state index in [0.717, 1.165) is 22.5 Å². The second-order valence-electron chi connectivity index (χ2n) is 4.09. The van der Waals surface area contributed by atoms with Gasteiger partial charge < -0.3 is 10.1 Å². The van der Waals surface area contributed by atoms with E-state index in [2.05, 4.69) is 15.0 Å². The molecular weight excluding hydrogens is 224 g/mol. The van der Waals surface area contributed by atoms with E-state index in [1.165, 1.54) is 37.7 Å². The van der Waals surface area contributed by atoms with E-state index in [0.29, 0.717) is 5.69 Å². The molecule has 1 fully saturated rings. The van der Waals surface area contributed by atoms with Crippen LogP contribution in [0.25, 0.3) is 0 Å². The van der Waals surface area contributed by atoms with Crippen molar-refractivity contribution in [1.82, 2.24) is 4.98 Å². The average Bonchev–Trinajstić information content (AvgIpc) is 2.56. The van der Waals surface area contributed by atoms with Crippen molar-refractivity contribution in [2.45, 2.75) is 26.2 Å². The second-order valence-corrected chi connectivity index (χ2v) is 5.30. The molecule has 0 amide bonds. The zero-order chi connectivity index (χ0) is 11.5. The summed E-state index contributed by atoms with van der Waals surface area (Å²) >= 11 is 1.51. The number of carbonyl (C=O) groups excluding carboxylic acids is 1. The Morgan fingerprint density at radius 2 is 2.38 bits per heavy atom. The van der Waals surface area contributed by atoms with E-state index in [1.807, 2.05) is 6.92 Å². The fourth-order valence-electron chi connectivity index (χ4n) is 1.69. The van der Waals surface area contributed by atoms with Crippen LogP contribution in [0.1, 0.15) is 34.6 Å². The number of carbonyl (C=O) groups is 1. The maximum absolute atomic E-state index is 11.3. The maximum atomic E-state index is 11.3. The van der Waals surface area contributed by atoms with Crippen LogP contribution in [-0.2, 0) is 4.74 Å². The fraction of sp³-hybridized carbons (Fsp3) is 0.636. The van der Waals surface area contributed by atoms with Crippen LogP contribution in [0, 0.1) is 12.8 Å². The van der Waals surface area contributed by atoms with Gasteiger partial charge in [-0.25, -0.2) is 9.78 Å². The largest absolute Gasteiger partial charge is 0.464 e. The normalized spacial score (nSPS) is 15.6. The highest BCUT2D eigenvalue weighted by atomic mass is 32.1. The lowest BCUT2D eigenvalue weighted by molar-refractivity contribution is 0.0594. The summed E-state index contributed by atoms with van der Waals surface area (Å²) in [5.41, 5.74) is 0.434. The molecule has 1 aliphatic rings. The molecule has 0 spiro atoms. The van der Waals surface area contributed by atoms with Gasteiger partial charge >= 0.3 is 5.97 Å². The lowest BCUT2D eigenvalue weighted by atomic mass is 9.86. The standard InChI is InChI=1S/C11H16N2O2S/c1-7-9(10(14)15-2)13-11(16-7)12-6-8-4-3-5-8/h8H,3-6H2,1-2H3,(H,12,13). The summed E-state index contributed by atoms with van der Waals surface area (Å²) in [6, 6.07) is 0. The van der Waals surface area contributed by atoms with Crippen molar-refractivity contribution in [3.05, 3.63) is 10.6 Å². The smallest absolute Gasteiger partial charge is 0.357 e. The summed E-state index contributed by atoms with van der Waals surface area (Å²) in [5, 5.41) is 4.11. The Hall–Kier alpha value is -1.10. The summed E-state index contributed by atoms with van der Waals surface area (Å²) in [6.45, 7) is 2.85. The Morgan fingerprint density at radius 3 is 2.94 bits per heavy atom. The number of hydrogen-bond acceptors (Lipinski definition) is 5.